The molecule has 0 radical (unpaired) electrons. The molecular formula is C8H17NO3S. The van der Waals surface area contributed by atoms with E-state index in [4.69, 9.17) is 9.88 Å². The molecular weight excluding hydrogens is 190 g/mol. The average Bonchev–Trinajstić information content (AvgIpc) is 1.91. The van der Waals surface area contributed by atoms with Gasteiger partial charge in [-0.2, -0.15) is 0 Å². The number of primary sulfonamides is 1. The molecule has 1 saturated carbocycles. The molecule has 1 aliphatic rings. The predicted octanol–water partition coefficient (Wildman–Crippen LogP) is 0.623. The summed E-state index contributed by atoms with van der Waals surface area (Å²) in [5.74, 6) is 0. The van der Waals surface area contributed by atoms with Gasteiger partial charge in [0.25, 0.3) is 0 Å². The van der Waals surface area contributed by atoms with Gasteiger partial charge in [0.05, 0.1) is 11.4 Å². The lowest BCUT2D eigenvalue weighted by atomic mass is 9.95. The molecule has 0 heterocycles. The molecule has 0 spiro atoms. The van der Waals surface area contributed by atoms with Crippen LogP contribution in [-0.2, 0) is 14.8 Å². The Labute approximate surface area is 79.5 Å². The lowest BCUT2D eigenvalue weighted by Crippen LogP contribution is -2.44. The van der Waals surface area contributed by atoms with Crippen molar-refractivity contribution < 1.29 is 13.2 Å². The fourth-order valence-corrected chi connectivity index (χ4v) is 2.28. The lowest BCUT2D eigenvalue weighted by molar-refractivity contribution is 0.00333. The smallest absolute Gasteiger partial charge is 0.212 e. The van der Waals surface area contributed by atoms with E-state index in [1.54, 1.807) is 0 Å². The maximum atomic E-state index is 10.8. The van der Waals surface area contributed by atoms with E-state index in [1.165, 1.54) is 0 Å². The van der Waals surface area contributed by atoms with Gasteiger partial charge in [-0.3, -0.25) is 0 Å². The van der Waals surface area contributed by atoms with Crippen molar-refractivity contribution in [1.82, 2.24) is 0 Å². The zero-order valence-electron chi connectivity index (χ0n) is 7.90. The molecule has 5 heteroatoms. The molecule has 0 unspecified atom stereocenters. The second kappa shape index (κ2) is 4.39. The summed E-state index contributed by atoms with van der Waals surface area (Å²) in [5.41, 5.74) is 0. The predicted molar refractivity (Wildman–Crippen MR) is 50.8 cm³/mol. The van der Waals surface area contributed by atoms with Crippen molar-refractivity contribution in [2.45, 2.75) is 44.0 Å². The normalized spacial score (nSPS) is 28.5. The van der Waals surface area contributed by atoms with Crippen LogP contribution in [0.2, 0.25) is 0 Å². The van der Waals surface area contributed by atoms with Crippen molar-refractivity contribution in [2.24, 2.45) is 5.14 Å². The Bertz CT molecular complexity index is 244. The van der Waals surface area contributed by atoms with Gasteiger partial charge in [0, 0.05) is 6.61 Å². The van der Waals surface area contributed by atoms with E-state index in [-0.39, 0.29) is 11.4 Å². The largest absolute Gasteiger partial charge is 0.378 e. The van der Waals surface area contributed by atoms with Crippen LogP contribution >= 0.6 is 0 Å². The summed E-state index contributed by atoms with van der Waals surface area (Å²) in [5, 5.41) is 4.61. The zero-order valence-corrected chi connectivity index (χ0v) is 8.72. The number of sulfonamides is 1. The van der Waals surface area contributed by atoms with E-state index in [9.17, 15) is 8.42 Å². The molecule has 1 aliphatic carbocycles. The molecule has 0 aromatic rings. The van der Waals surface area contributed by atoms with Gasteiger partial charge in [-0.25, -0.2) is 13.6 Å². The first-order valence-electron chi connectivity index (χ1n) is 4.67. The Kier molecular flexibility index (Phi) is 3.70. The third-order valence-electron chi connectivity index (χ3n) is 2.37. The van der Waals surface area contributed by atoms with Crippen LogP contribution in [0.15, 0.2) is 0 Å². The van der Waals surface area contributed by atoms with Crippen molar-refractivity contribution in [3.05, 3.63) is 0 Å². The summed E-state index contributed by atoms with van der Waals surface area (Å²) in [6.07, 6.45) is 3.40. The van der Waals surface area contributed by atoms with Gasteiger partial charge in [-0.15, -0.1) is 0 Å². The second-order valence-electron chi connectivity index (χ2n) is 3.53. The summed E-state index contributed by atoms with van der Waals surface area (Å²) in [6.45, 7) is 2.83. The molecule has 0 aliphatic heterocycles. The van der Waals surface area contributed by atoms with E-state index >= 15 is 0 Å². The van der Waals surface area contributed by atoms with Crippen molar-refractivity contribution in [2.75, 3.05) is 6.61 Å². The van der Waals surface area contributed by atoms with Gasteiger partial charge in [-0.05, 0) is 19.3 Å². The van der Waals surface area contributed by atoms with Crippen LogP contribution in [0.1, 0.15) is 32.6 Å². The number of hydrogen-bond donors (Lipinski definition) is 1. The highest BCUT2D eigenvalue weighted by atomic mass is 32.2. The summed E-state index contributed by atoms with van der Waals surface area (Å²) in [6, 6.07) is 0. The maximum Gasteiger partial charge on any atom is 0.212 e. The average molecular weight is 207 g/mol. The van der Waals surface area contributed by atoms with E-state index in [0.717, 1.165) is 19.4 Å². The fraction of sp³-hybridized carbons (Fsp3) is 1.00. The van der Waals surface area contributed by atoms with Gasteiger partial charge >= 0.3 is 0 Å². The van der Waals surface area contributed by atoms with Gasteiger partial charge in [0.2, 0.25) is 10.0 Å². The first-order chi connectivity index (χ1) is 6.04. The maximum absolute atomic E-state index is 10.8. The van der Waals surface area contributed by atoms with Gasteiger partial charge in [0.15, 0.2) is 0 Å². The molecule has 4 nitrogen and oxygen atoms in total. The molecule has 0 saturated heterocycles. The van der Waals surface area contributed by atoms with Gasteiger partial charge < -0.3 is 4.74 Å². The standard InChI is InChI=1S/C8H17NO3S/c1-2-3-4-12-7-5-8(6-7)13(9,10)11/h7-8H,2-6H2,1H3,(H2,9,10,11)/t7-,8-. The molecule has 1 fully saturated rings. The first kappa shape index (κ1) is 10.9. The Morgan fingerprint density at radius 1 is 1.46 bits per heavy atom. The third-order valence-corrected chi connectivity index (χ3v) is 3.68. The highest BCUT2D eigenvalue weighted by Crippen LogP contribution is 2.28. The molecule has 0 amide bonds. The summed E-state index contributed by atoms with van der Waals surface area (Å²) in [4.78, 5) is 0. The Morgan fingerprint density at radius 3 is 2.54 bits per heavy atom. The minimum atomic E-state index is -3.31. The summed E-state index contributed by atoms with van der Waals surface area (Å²) >= 11 is 0. The third kappa shape index (κ3) is 3.25. The quantitative estimate of drug-likeness (QED) is 0.672. The molecule has 0 aromatic heterocycles. The molecule has 2 N–H and O–H groups in total. The summed E-state index contributed by atoms with van der Waals surface area (Å²) in [7, 11) is -3.31. The van der Waals surface area contributed by atoms with E-state index in [2.05, 4.69) is 6.92 Å². The Balaban J connectivity index is 2.12. The van der Waals surface area contributed by atoms with Crippen molar-refractivity contribution in [1.29, 1.82) is 0 Å². The fourth-order valence-electron chi connectivity index (χ4n) is 1.32. The SMILES string of the molecule is CCCCO[C@H]1C[C@H](S(N)(=O)=O)C1. The van der Waals surface area contributed by atoms with Crippen LogP contribution < -0.4 is 5.14 Å². The topological polar surface area (TPSA) is 69.4 Å². The Morgan fingerprint density at radius 2 is 2.08 bits per heavy atom. The molecule has 1 rings (SSSR count). The van der Waals surface area contributed by atoms with Crippen LogP contribution in [0.4, 0.5) is 0 Å². The van der Waals surface area contributed by atoms with Crippen LogP contribution in [0.5, 0.6) is 0 Å². The molecule has 0 bridgehead atoms. The lowest BCUT2D eigenvalue weighted by Gasteiger charge is -2.33. The van der Waals surface area contributed by atoms with Gasteiger partial charge in [0.1, 0.15) is 0 Å². The van der Waals surface area contributed by atoms with Crippen molar-refractivity contribution in [3.8, 4) is 0 Å². The number of hydrogen-bond acceptors (Lipinski definition) is 3. The van der Waals surface area contributed by atoms with Crippen molar-refractivity contribution in [3.63, 3.8) is 0 Å². The van der Waals surface area contributed by atoms with E-state index in [1.807, 2.05) is 0 Å². The molecule has 0 aromatic carbocycles. The Hall–Kier alpha value is -0.130. The van der Waals surface area contributed by atoms with Gasteiger partial charge in [-0.1, -0.05) is 13.3 Å². The molecule has 78 valence electrons. The highest BCUT2D eigenvalue weighted by molar-refractivity contribution is 7.89. The molecule has 13 heavy (non-hydrogen) atoms. The monoisotopic (exact) mass is 207 g/mol. The minimum absolute atomic E-state index is 0.120. The highest BCUT2D eigenvalue weighted by Gasteiger charge is 2.37. The van der Waals surface area contributed by atoms with Crippen molar-refractivity contribution >= 4 is 10.0 Å². The van der Waals surface area contributed by atoms with E-state index < -0.39 is 10.0 Å². The second-order valence-corrected chi connectivity index (χ2v) is 5.37. The zero-order chi connectivity index (χ0) is 9.90. The number of unbranched alkanes of at least 4 members (excludes halogenated alkanes) is 1. The summed E-state index contributed by atoms with van der Waals surface area (Å²) < 4.78 is 27.0. The van der Waals surface area contributed by atoms with Crippen LogP contribution in [0.3, 0.4) is 0 Å². The van der Waals surface area contributed by atoms with Crippen LogP contribution in [0.25, 0.3) is 0 Å². The van der Waals surface area contributed by atoms with Crippen LogP contribution in [-0.4, -0.2) is 26.4 Å². The minimum Gasteiger partial charge on any atom is -0.378 e. The first-order valence-corrected chi connectivity index (χ1v) is 6.28. The number of ether oxygens (including phenoxy) is 1. The van der Waals surface area contributed by atoms with E-state index in [0.29, 0.717) is 12.8 Å². The molecule has 0 atom stereocenters. The van der Waals surface area contributed by atoms with Crippen LogP contribution in [0, 0.1) is 0 Å². The number of rotatable bonds is 5. The number of nitrogens with two attached hydrogens (primary N) is 1.